The average Bonchev–Trinajstić information content (AvgIpc) is 3.47. The smallest absolute Gasteiger partial charge is 0.186 e. The van der Waals surface area contributed by atoms with Crippen LogP contribution in [0.15, 0.2) is 42.5 Å². The van der Waals surface area contributed by atoms with Crippen molar-refractivity contribution in [2.24, 2.45) is 5.92 Å². The van der Waals surface area contributed by atoms with Gasteiger partial charge in [-0.15, -0.1) is 0 Å². The van der Waals surface area contributed by atoms with Crippen molar-refractivity contribution in [2.75, 3.05) is 49.3 Å². The first-order valence-corrected chi connectivity index (χ1v) is 17.8. The van der Waals surface area contributed by atoms with Crippen molar-refractivity contribution >= 4 is 11.4 Å². The fraction of sp³-hybridized carbons (Fsp3) is 0.667. The molecule has 2 aromatic carbocycles. The van der Waals surface area contributed by atoms with Crippen LogP contribution in [0.5, 0.6) is 0 Å². The van der Waals surface area contributed by atoms with Gasteiger partial charge in [-0.3, -0.25) is 0 Å². The second-order valence-corrected chi connectivity index (χ2v) is 14.2. The zero-order valence-electron chi connectivity index (χ0n) is 27.9. The van der Waals surface area contributed by atoms with E-state index in [1.54, 1.807) is 0 Å². The van der Waals surface area contributed by atoms with Crippen LogP contribution in [0.2, 0.25) is 0 Å². The van der Waals surface area contributed by atoms with Crippen molar-refractivity contribution in [3.63, 3.8) is 0 Å². The minimum absolute atomic E-state index is 0.177. The molecule has 0 spiro atoms. The van der Waals surface area contributed by atoms with Crippen molar-refractivity contribution in [3.05, 3.63) is 59.2 Å². The van der Waals surface area contributed by atoms with E-state index in [0.717, 1.165) is 36.3 Å². The minimum atomic E-state index is -1.48. The third kappa shape index (κ3) is 6.77. The molecule has 0 aliphatic carbocycles. The van der Waals surface area contributed by atoms with Gasteiger partial charge in [-0.05, 0) is 67.3 Å². The second-order valence-electron chi connectivity index (χ2n) is 14.2. The van der Waals surface area contributed by atoms with Crippen LogP contribution in [-0.2, 0) is 31.8 Å². The molecule has 0 amide bonds. The topological polar surface area (TPSA) is 205 Å². The molecule has 14 nitrogen and oxygen atoms in total. The summed E-state index contributed by atoms with van der Waals surface area (Å²) >= 11 is 0. The fourth-order valence-electron chi connectivity index (χ4n) is 8.50. The van der Waals surface area contributed by atoms with Crippen molar-refractivity contribution in [2.45, 2.75) is 106 Å². The highest BCUT2D eigenvalue weighted by atomic mass is 16.7. The summed E-state index contributed by atoms with van der Waals surface area (Å²) in [5.74, 6) is 0.606. The molecular formula is C36H50N2O12. The predicted octanol–water partition coefficient (Wildman–Crippen LogP) is -1.05. The first-order chi connectivity index (χ1) is 24.2. The second kappa shape index (κ2) is 15.3. The molecule has 5 aliphatic rings. The quantitative estimate of drug-likeness (QED) is 0.141. The van der Waals surface area contributed by atoms with Crippen LogP contribution < -0.4 is 9.80 Å². The third-order valence-corrected chi connectivity index (χ3v) is 11.2. The van der Waals surface area contributed by atoms with Crippen molar-refractivity contribution in [3.8, 4) is 0 Å². The Bertz CT molecular complexity index is 1430. The number of ether oxygens (including phenoxy) is 4. The van der Waals surface area contributed by atoms with Crippen LogP contribution in [0.4, 0.5) is 11.4 Å². The SMILES string of the molecule is OC[C@H]1O[C@@H](OCCc2ccc(N3CC[C@@H]4CCCN5c6ccc(CCO[C@@H]7O[C@H](CO)[C@@H](O)[C@H](O)[C@H]7O)cc6[C@H]3[C@H]45)cc2)[C@H](O)[C@@H](O)[C@@H]1O. The largest absolute Gasteiger partial charge is 0.394 e. The lowest BCUT2D eigenvalue weighted by molar-refractivity contribution is -0.300. The van der Waals surface area contributed by atoms with E-state index in [1.165, 1.54) is 24.1 Å². The van der Waals surface area contributed by atoms with Crippen LogP contribution in [-0.4, -0.2) is 148 Å². The number of benzene rings is 2. The van der Waals surface area contributed by atoms with E-state index in [4.69, 9.17) is 18.9 Å². The molecule has 5 heterocycles. The van der Waals surface area contributed by atoms with Crippen LogP contribution in [0.25, 0.3) is 0 Å². The minimum Gasteiger partial charge on any atom is -0.394 e. The Morgan fingerprint density at radius 3 is 1.82 bits per heavy atom. The maximum Gasteiger partial charge on any atom is 0.186 e. The Morgan fingerprint density at radius 2 is 1.22 bits per heavy atom. The van der Waals surface area contributed by atoms with Gasteiger partial charge in [0.05, 0.1) is 38.5 Å². The van der Waals surface area contributed by atoms with Crippen molar-refractivity contribution in [1.82, 2.24) is 0 Å². The maximum absolute atomic E-state index is 10.4. The molecule has 0 saturated carbocycles. The third-order valence-electron chi connectivity index (χ3n) is 11.2. The number of hydrogen-bond acceptors (Lipinski definition) is 14. The summed E-state index contributed by atoms with van der Waals surface area (Å²) < 4.78 is 22.5. The number of rotatable bonds is 11. The first-order valence-electron chi connectivity index (χ1n) is 17.8. The number of aliphatic hydroxyl groups excluding tert-OH is 8. The summed E-state index contributed by atoms with van der Waals surface area (Å²) in [5, 5.41) is 79.8. The van der Waals surface area contributed by atoms with E-state index in [2.05, 4.69) is 52.3 Å². The lowest BCUT2D eigenvalue weighted by atomic mass is 9.79. The number of piperidine rings is 2. The Hall–Kier alpha value is -2.44. The van der Waals surface area contributed by atoms with Gasteiger partial charge < -0.3 is 69.6 Å². The van der Waals surface area contributed by atoms with Gasteiger partial charge in [-0.1, -0.05) is 24.3 Å². The summed E-state index contributed by atoms with van der Waals surface area (Å²) in [5.41, 5.74) is 5.77. The van der Waals surface area contributed by atoms with Crippen LogP contribution in [0.3, 0.4) is 0 Å². The first kappa shape index (κ1) is 35.9. The number of nitrogens with zero attached hydrogens (tertiary/aromatic N) is 2. The summed E-state index contributed by atoms with van der Waals surface area (Å²) in [4.78, 5) is 5.09. The monoisotopic (exact) mass is 702 g/mol. The lowest BCUT2D eigenvalue weighted by Gasteiger charge is -2.49. The molecule has 5 aliphatic heterocycles. The van der Waals surface area contributed by atoms with Gasteiger partial charge in [-0.25, -0.2) is 0 Å². The van der Waals surface area contributed by atoms with E-state index in [-0.39, 0.29) is 19.3 Å². The molecule has 0 bridgehead atoms. The summed E-state index contributed by atoms with van der Waals surface area (Å²) in [6.45, 7) is 1.37. The molecule has 8 N–H and O–H groups in total. The molecular weight excluding hydrogens is 652 g/mol. The predicted molar refractivity (Wildman–Crippen MR) is 178 cm³/mol. The van der Waals surface area contributed by atoms with Crippen molar-refractivity contribution in [1.29, 1.82) is 0 Å². The molecule has 50 heavy (non-hydrogen) atoms. The van der Waals surface area contributed by atoms with E-state index >= 15 is 0 Å². The average molecular weight is 703 g/mol. The molecule has 0 aromatic heterocycles. The zero-order chi connectivity index (χ0) is 35.1. The molecule has 0 radical (unpaired) electrons. The van der Waals surface area contributed by atoms with Gasteiger partial charge in [-0.2, -0.15) is 0 Å². The highest BCUT2D eigenvalue weighted by Gasteiger charge is 2.50. The van der Waals surface area contributed by atoms with Gasteiger partial charge in [0.1, 0.15) is 48.8 Å². The molecule has 4 fully saturated rings. The Kier molecular flexibility index (Phi) is 11.0. The van der Waals surface area contributed by atoms with Crippen LogP contribution in [0.1, 0.15) is 42.0 Å². The van der Waals surface area contributed by atoms with Gasteiger partial charge in [0.25, 0.3) is 0 Å². The zero-order valence-corrected chi connectivity index (χ0v) is 27.9. The number of aliphatic hydroxyl groups is 8. The fourth-order valence-corrected chi connectivity index (χ4v) is 8.50. The molecule has 2 aromatic rings. The van der Waals surface area contributed by atoms with Gasteiger partial charge in [0, 0.05) is 30.0 Å². The molecule has 276 valence electrons. The molecule has 0 unspecified atom stereocenters. The number of fused-ring (bicyclic) bond motifs is 3. The van der Waals surface area contributed by atoms with Gasteiger partial charge in [0.15, 0.2) is 12.6 Å². The summed E-state index contributed by atoms with van der Waals surface area (Å²) in [6.07, 6.45) is -8.44. The molecule has 7 rings (SSSR count). The molecule has 4 saturated heterocycles. The lowest BCUT2D eigenvalue weighted by Crippen LogP contribution is -2.59. The van der Waals surface area contributed by atoms with Crippen LogP contribution >= 0.6 is 0 Å². The summed E-state index contributed by atoms with van der Waals surface area (Å²) in [7, 11) is 0. The van der Waals surface area contributed by atoms with Crippen LogP contribution in [0, 0.1) is 5.92 Å². The highest BCUT2D eigenvalue weighted by Crippen LogP contribution is 2.53. The van der Waals surface area contributed by atoms with Crippen molar-refractivity contribution < 1.29 is 59.8 Å². The Morgan fingerprint density at radius 1 is 0.640 bits per heavy atom. The molecule has 13 atom stereocenters. The summed E-state index contributed by atoms with van der Waals surface area (Å²) in [6, 6.07) is 15.5. The Balaban J connectivity index is 1.01. The number of anilines is 2. The normalized spacial score (nSPS) is 38.2. The standard InChI is InChI=1S/C36H50N2O12/c39-17-25-29(41)31(43)33(45)35(49-25)47-14-10-19-3-6-22(7-4-19)37-13-9-21-2-1-12-38-24-8-5-20(16-23(24)28(37)27(21)38)11-15-48-36-34(46)32(44)30(42)26(18-40)50-36/h3-8,16,21,25-36,39-46H,1-2,9-15,17-18H2/t21-,25+,26+,27-,28-,29+,30+,31-,32-,33+,34+,35+,36+/m0/s1. The van der Waals surface area contributed by atoms with Gasteiger partial charge in [0.2, 0.25) is 0 Å². The van der Waals surface area contributed by atoms with E-state index < -0.39 is 74.6 Å². The van der Waals surface area contributed by atoms with Gasteiger partial charge >= 0.3 is 0 Å². The van der Waals surface area contributed by atoms with E-state index in [1.807, 2.05) is 0 Å². The number of hydrogen-bond donors (Lipinski definition) is 8. The molecule has 14 heteroatoms. The highest BCUT2D eigenvalue weighted by molar-refractivity contribution is 5.67. The van der Waals surface area contributed by atoms with E-state index in [9.17, 15) is 40.9 Å². The van der Waals surface area contributed by atoms with E-state index in [0.29, 0.717) is 24.8 Å². The Labute approximate surface area is 291 Å². The maximum atomic E-state index is 10.4.